The molecule has 4 saturated carbocycles. The second-order valence-corrected chi connectivity index (χ2v) is 13.1. The van der Waals surface area contributed by atoms with Crippen LogP contribution in [0.25, 0.3) is 0 Å². The van der Waals surface area contributed by atoms with Gasteiger partial charge in [0.05, 0.1) is 17.4 Å². The Morgan fingerprint density at radius 1 is 1.12 bits per heavy atom. The minimum absolute atomic E-state index is 0.388. The third kappa shape index (κ3) is 3.78. The van der Waals surface area contributed by atoms with Crippen LogP contribution in [-0.4, -0.2) is 20.5 Å². The molecule has 0 aromatic carbocycles. The van der Waals surface area contributed by atoms with Gasteiger partial charge in [0, 0.05) is 12.7 Å². The Balaban J connectivity index is 1.31. The first-order chi connectivity index (χ1) is 15.7. The molecule has 4 nitrogen and oxygen atoms in total. The fourth-order valence-corrected chi connectivity index (χ4v) is 9.93. The van der Waals surface area contributed by atoms with E-state index in [9.17, 15) is 5.11 Å². The first-order valence-corrected chi connectivity index (χ1v) is 13.9. The molecule has 4 fully saturated rings. The normalized spacial score (nSPS) is 45.5. The standard InChI is InChI=1S/C29H45N3O/c1-5-11-29(33)14-13-27(3)22(15-29)6-7-23-25-9-8-24(28(25,4)12-10-26(23)27)20(2)18-32-19-21(16-30)17-31-32/h17,19-20,22-26,33H,5-15,18H2,1-4H3/t20-,22+,23-,24+,25-,26-,27-,28+,29+/m0/s1. The van der Waals surface area contributed by atoms with E-state index in [1.54, 1.807) is 6.20 Å². The molecule has 1 aromatic heterocycles. The molecule has 33 heavy (non-hydrogen) atoms. The van der Waals surface area contributed by atoms with Crippen molar-refractivity contribution in [2.24, 2.45) is 46.3 Å². The van der Waals surface area contributed by atoms with Gasteiger partial charge >= 0.3 is 0 Å². The number of fused-ring (bicyclic) bond motifs is 5. The molecule has 1 heterocycles. The molecular formula is C29H45N3O. The first-order valence-electron chi connectivity index (χ1n) is 13.9. The van der Waals surface area contributed by atoms with Gasteiger partial charge in [0.2, 0.25) is 0 Å². The molecule has 0 amide bonds. The molecule has 4 aliphatic rings. The average Bonchev–Trinajstić information content (AvgIpc) is 3.38. The van der Waals surface area contributed by atoms with Gasteiger partial charge in [0.25, 0.3) is 0 Å². The van der Waals surface area contributed by atoms with Crippen LogP contribution < -0.4 is 0 Å². The molecule has 0 saturated heterocycles. The van der Waals surface area contributed by atoms with E-state index >= 15 is 0 Å². The number of aromatic nitrogens is 2. The number of aliphatic hydroxyl groups is 1. The molecule has 1 aromatic rings. The van der Waals surface area contributed by atoms with Gasteiger partial charge < -0.3 is 5.11 Å². The highest BCUT2D eigenvalue weighted by Gasteiger charge is 2.61. The van der Waals surface area contributed by atoms with Crippen molar-refractivity contribution in [1.29, 1.82) is 5.26 Å². The van der Waals surface area contributed by atoms with Crippen molar-refractivity contribution in [2.75, 3.05) is 0 Å². The van der Waals surface area contributed by atoms with Gasteiger partial charge in [-0.25, -0.2) is 0 Å². The second kappa shape index (κ2) is 8.40. The summed E-state index contributed by atoms with van der Waals surface area (Å²) in [5.41, 5.74) is 1.17. The highest BCUT2D eigenvalue weighted by atomic mass is 16.3. The molecule has 1 N–H and O–H groups in total. The van der Waals surface area contributed by atoms with Crippen LogP contribution in [0.15, 0.2) is 12.4 Å². The summed E-state index contributed by atoms with van der Waals surface area (Å²) < 4.78 is 2.00. The largest absolute Gasteiger partial charge is 0.390 e. The summed E-state index contributed by atoms with van der Waals surface area (Å²) in [5, 5.41) is 24.8. The highest BCUT2D eigenvalue weighted by Crippen LogP contribution is 2.69. The maximum atomic E-state index is 11.2. The van der Waals surface area contributed by atoms with Crippen LogP contribution in [0.4, 0.5) is 0 Å². The Morgan fingerprint density at radius 3 is 2.64 bits per heavy atom. The van der Waals surface area contributed by atoms with E-state index < -0.39 is 0 Å². The summed E-state index contributed by atoms with van der Waals surface area (Å²) in [6.45, 7) is 10.8. The molecule has 0 radical (unpaired) electrons. The van der Waals surface area contributed by atoms with Crippen LogP contribution in [0.5, 0.6) is 0 Å². The van der Waals surface area contributed by atoms with Crippen molar-refractivity contribution in [3.05, 3.63) is 18.0 Å². The van der Waals surface area contributed by atoms with E-state index in [0.29, 0.717) is 22.3 Å². The lowest BCUT2D eigenvalue weighted by Crippen LogP contribution is -2.56. The summed E-state index contributed by atoms with van der Waals surface area (Å²) in [6, 6.07) is 2.21. The molecule has 0 spiro atoms. The van der Waals surface area contributed by atoms with Crippen molar-refractivity contribution in [2.45, 2.75) is 110 Å². The summed E-state index contributed by atoms with van der Waals surface area (Å²) in [4.78, 5) is 0. The summed E-state index contributed by atoms with van der Waals surface area (Å²) in [5.74, 6) is 4.68. The van der Waals surface area contributed by atoms with Crippen molar-refractivity contribution >= 4 is 0 Å². The minimum atomic E-state index is -0.388. The predicted molar refractivity (Wildman–Crippen MR) is 131 cm³/mol. The lowest BCUT2D eigenvalue weighted by atomic mass is 9.43. The zero-order valence-corrected chi connectivity index (χ0v) is 21.4. The molecule has 182 valence electrons. The first kappa shape index (κ1) is 23.4. The van der Waals surface area contributed by atoms with Crippen molar-refractivity contribution in [3.63, 3.8) is 0 Å². The van der Waals surface area contributed by atoms with E-state index in [2.05, 4.69) is 38.9 Å². The van der Waals surface area contributed by atoms with E-state index in [1.165, 1.54) is 44.9 Å². The third-order valence-corrected chi connectivity index (χ3v) is 11.5. The molecular weight excluding hydrogens is 406 g/mol. The van der Waals surface area contributed by atoms with Crippen LogP contribution in [0.2, 0.25) is 0 Å². The Kier molecular flexibility index (Phi) is 5.96. The quantitative estimate of drug-likeness (QED) is 0.550. The van der Waals surface area contributed by atoms with Crippen LogP contribution in [0.1, 0.15) is 104 Å². The number of hydrogen-bond acceptors (Lipinski definition) is 3. The topological polar surface area (TPSA) is 61.8 Å². The summed E-state index contributed by atoms with van der Waals surface area (Å²) in [7, 11) is 0. The number of nitrogens with zero attached hydrogens (tertiary/aromatic N) is 3. The number of rotatable bonds is 5. The Labute approximate surface area is 201 Å². The van der Waals surface area contributed by atoms with Gasteiger partial charge in [-0.1, -0.05) is 34.1 Å². The predicted octanol–water partition coefficient (Wildman–Crippen LogP) is 6.58. The second-order valence-electron chi connectivity index (χ2n) is 13.1. The number of nitriles is 1. The van der Waals surface area contributed by atoms with E-state index in [-0.39, 0.29) is 5.60 Å². The van der Waals surface area contributed by atoms with Gasteiger partial charge in [-0.15, -0.1) is 0 Å². The van der Waals surface area contributed by atoms with E-state index in [1.807, 2.05) is 10.9 Å². The van der Waals surface area contributed by atoms with E-state index in [0.717, 1.165) is 61.8 Å². The lowest BCUT2D eigenvalue weighted by Gasteiger charge is -2.62. The monoisotopic (exact) mass is 451 g/mol. The van der Waals surface area contributed by atoms with Gasteiger partial charge in [0.15, 0.2) is 0 Å². The lowest BCUT2D eigenvalue weighted by molar-refractivity contribution is -0.153. The van der Waals surface area contributed by atoms with E-state index in [4.69, 9.17) is 5.26 Å². The third-order valence-electron chi connectivity index (χ3n) is 11.5. The van der Waals surface area contributed by atoms with Crippen molar-refractivity contribution < 1.29 is 5.11 Å². The zero-order chi connectivity index (χ0) is 23.4. The van der Waals surface area contributed by atoms with Gasteiger partial charge in [-0.05, 0) is 111 Å². The maximum Gasteiger partial charge on any atom is 0.102 e. The van der Waals surface area contributed by atoms with Gasteiger partial charge in [-0.2, -0.15) is 10.4 Å². The average molecular weight is 452 g/mol. The minimum Gasteiger partial charge on any atom is -0.390 e. The molecule has 0 aliphatic heterocycles. The van der Waals surface area contributed by atoms with Crippen molar-refractivity contribution in [3.8, 4) is 6.07 Å². The Hall–Kier alpha value is -1.34. The number of hydrogen-bond donors (Lipinski definition) is 1. The molecule has 4 aliphatic carbocycles. The summed E-state index contributed by atoms with van der Waals surface area (Å²) in [6.07, 6.45) is 17.2. The fourth-order valence-electron chi connectivity index (χ4n) is 9.93. The van der Waals surface area contributed by atoms with Crippen LogP contribution in [-0.2, 0) is 6.54 Å². The smallest absolute Gasteiger partial charge is 0.102 e. The van der Waals surface area contributed by atoms with Crippen molar-refractivity contribution in [1.82, 2.24) is 9.78 Å². The van der Waals surface area contributed by atoms with Gasteiger partial charge in [-0.3, -0.25) is 4.68 Å². The molecule has 0 bridgehead atoms. The Morgan fingerprint density at radius 2 is 1.91 bits per heavy atom. The fraction of sp³-hybridized carbons (Fsp3) is 0.862. The van der Waals surface area contributed by atoms with Gasteiger partial charge in [0.1, 0.15) is 6.07 Å². The molecule has 5 rings (SSSR count). The van der Waals surface area contributed by atoms with Crippen LogP contribution >= 0.6 is 0 Å². The van der Waals surface area contributed by atoms with Crippen LogP contribution in [0, 0.1) is 57.7 Å². The molecule has 0 unspecified atom stereocenters. The molecule has 9 atom stereocenters. The Bertz CT molecular complexity index is 903. The molecule has 4 heteroatoms. The summed E-state index contributed by atoms with van der Waals surface area (Å²) >= 11 is 0. The van der Waals surface area contributed by atoms with Crippen LogP contribution in [0.3, 0.4) is 0 Å². The maximum absolute atomic E-state index is 11.2. The SMILES string of the molecule is CCC[C@@]1(O)CC[C@@]2(C)[C@H](CC[C@@H]3[C@@H]2CC[C@]2(C)[C@@H]([C@@H](C)Cn4cc(C#N)cn4)CC[C@@H]32)C1. The zero-order valence-electron chi connectivity index (χ0n) is 21.4. The highest BCUT2D eigenvalue weighted by molar-refractivity contribution is 5.21.